The van der Waals surface area contributed by atoms with Crippen LogP contribution in [-0.4, -0.2) is 51.9 Å². The molecule has 0 spiro atoms. The topological polar surface area (TPSA) is 75.4 Å². The molecule has 1 aliphatic heterocycles. The second-order valence-corrected chi connectivity index (χ2v) is 5.36. The Bertz CT molecular complexity index is 825. The molecule has 0 atom stereocenters. The van der Waals surface area contributed by atoms with Crippen molar-refractivity contribution in [3.05, 3.63) is 48.6 Å². The van der Waals surface area contributed by atoms with Gasteiger partial charge in [-0.1, -0.05) is 0 Å². The van der Waals surface area contributed by atoms with Gasteiger partial charge in [0.1, 0.15) is 5.52 Å². The molecule has 7 heteroatoms. The van der Waals surface area contributed by atoms with E-state index in [1.165, 1.54) is 6.39 Å². The largest absolute Gasteiger partial charge is 0.443 e. The number of oxazole rings is 1. The number of piperazine rings is 1. The number of benzene rings is 1. The second kappa shape index (κ2) is 5.68. The molecule has 23 heavy (non-hydrogen) atoms. The fourth-order valence-corrected chi connectivity index (χ4v) is 2.74. The standard InChI is InChI=1S/C16H15N5O2/c22-15(12-2-3-14-13(10-12)19-11-23-14)20-6-8-21(9-7-20)16-17-4-1-5-18-16/h1-5,10-11H,6-9H2. The van der Waals surface area contributed by atoms with E-state index in [1.54, 1.807) is 36.7 Å². The maximum Gasteiger partial charge on any atom is 0.254 e. The number of carbonyl (C=O) groups is 1. The van der Waals surface area contributed by atoms with Gasteiger partial charge in [0.05, 0.1) is 0 Å². The molecule has 116 valence electrons. The van der Waals surface area contributed by atoms with Crippen LogP contribution in [0.1, 0.15) is 10.4 Å². The minimum atomic E-state index is 0.0172. The number of carbonyl (C=O) groups excluding carboxylic acids is 1. The molecule has 0 radical (unpaired) electrons. The van der Waals surface area contributed by atoms with E-state index in [-0.39, 0.29) is 5.91 Å². The van der Waals surface area contributed by atoms with Crippen molar-refractivity contribution >= 4 is 23.0 Å². The van der Waals surface area contributed by atoms with E-state index >= 15 is 0 Å². The predicted molar refractivity (Wildman–Crippen MR) is 84.2 cm³/mol. The molecule has 1 aromatic carbocycles. The molecule has 0 N–H and O–H groups in total. The summed E-state index contributed by atoms with van der Waals surface area (Å²) in [5, 5.41) is 0. The molecule has 7 nitrogen and oxygen atoms in total. The van der Waals surface area contributed by atoms with Crippen molar-refractivity contribution in [2.24, 2.45) is 0 Å². The zero-order valence-electron chi connectivity index (χ0n) is 12.4. The highest BCUT2D eigenvalue weighted by Gasteiger charge is 2.23. The van der Waals surface area contributed by atoms with Gasteiger partial charge < -0.3 is 14.2 Å². The van der Waals surface area contributed by atoms with Crippen molar-refractivity contribution in [2.45, 2.75) is 0 Å². The summed E-state index contributed by atoms with van der Waals surface area (Å²) in [6.45, 7) is 2.74. The third kappa shape index (κ3) is 2.61. The minimum absolute atomic E-state index is 0.0172. The van der Waals surface area contributed by atoms with E-state index in [2.05, 4.69) is 19.9 Å². The van der Waals surface area contributed by atoms with Crippen LogP contribution in [0.25, 0.3) is 11.1 Å². The van der Waals surface area contributed by atoms with Crippen LogP contribution in [0.5, 0.6) is 0 Å². The molecule has 0 aliphatic carbocycles. The number of aromatic nitrogens is 3. The molecule has 3 heterocycles. The minimum Gasteiger partial charge on any atom is -0.443 e. The van der Waals surface area contributed by atoms with Crippen molar-refractivity contribution in [1.29, 1.82) is 0 Å². The van der Waals surface area contributed by atoms with Gasteiger partial charge in [0.2, 0.25) is 5.95 Å². The average molecular weight is 309 g/mol. The Morgan fingerprint density at radius 2 is 1.83 bits per heavy atom. The molecular weight excluding hydrogens is 294 g/mol. The Balaban J connectivity index is 1.46. The number of hydrogen-bond donors (Lipinski definition) is 0. The van der Waals surface area contributed by atoms with Crippen LogP contribution in [0.3, 0.4) is 0 Å². The summed E-state index contributed by atoms with van der Waals surface area (Å²) in [5.41, 5.74) is 2.02. The normalized spacial score (nSPS) is 15.1. The lowest BCUT2D eigenvalue weighted by molar-refractivity contribution is 0.0746. The van der Waals surface area contributed by atoms with Crippen LogP contribution < -0.4 is 4.90 Å². The molecule has 4 rings (SSSR count). The number of amides is 1. The van der Waals surface area contributed by atoms with E-state index in [0.717, 1.165) is 13.1 Å². The molecule has 2 aromatic heterocycles. The number of fused-ring (bicyclic) bond motifs is 1. The zero-order valence-corrected chi connectivity index (χ0v) is 12.4. The summed E-state index contributed by atoms with van der Waals surface area (Å²) in [6.07, 6.45) is 4.84. The quantitative estimate of drug-likeness (QED) is 0.715. The van der Waals surface area contributed by atoms with E-state index in [0.29, 0.717) is 35.7 Å². The van der Waals surface area contributed by atoms with E-state index < -0.39 is 0 Å². The molecule has 1 saturated heterocycles. The third-order valence-electron chi connectivity index (χ3n) is 3.98. The number of hydrogen-bond acceptors (Lipinski definition) is 6. The molecule has 0 unspecified atom stereocenters. The first kappa shape index (κ1) is 13.7. The van der Waals surface area contributed by atoms with Gasteiger partial charge in [-0.3, -0.25) is 4.79 Å². The first-order valence-electron chi connectivity index (χ1n) is 7.46. The van der Waals surface area contributed by atoms with Crippen LogP contribution in [0, 0.1) is 0 Å². The Hall–Kier alpha value is -2.96. The fourth-order valence-electron chi connectivity index (χ4n) is 2.74. The lowest BCUT2D eigenvalue weighted by atomic mass is 10.1. The number of nitrogens with zero attached hydrogens (tertiary/aromatic N) is 5. The monoisotopic (exact) mass is 309 g/mol. The van der Waals surface area contributed by atoms with Crippen LogP contribution in [-0.2, 0) is 0 Å². The van der Waals surface area contributed by atoms with Crippen molar-refractivity contribution < 1.29 is 9.21 Å². The van der Waals surface area contributed by atoms with Crippen LogP contribution in [0.15, 0.2) is 47.5 Å². The van der Waals surface area contributed by atoms with Crippen molar-refractivity contribution in [3.8, 4) is 0 Å². The zero-order chi connectivity index (χ0) is 15.6. The third-order valence-corrected chi connectivity index (χ3v) is 3.98. The predicted octanol–water partition coefficient (Wildman–Crippen LogP) is 1.58. The molecule has 1 aliphatic rings. The average Bonchev–Trinajstić information content (AvgIpc) is 3.10. The molecule has 3 aromatic rings. The van der Waals surface area contributed by atoms with Crippen molar-refractivity contribution in [2.75, 3.05) is 31.1 Å². The summed E-state index contributed by atoms with van der Waals surface area (Å²) in [7, 11) is 0. The van der Waals surface area contributed by atoms with Gasteiger partial charge in [-0.15, -0.1) is 0 Å². The van der Waals surface area contributed by atoms with Gasteiger partial charge in [-0.25, -0.2) is 15.0 Å². The molecule has 1 amide bonds. The summed E-state index contributed by atoms with van der Waals surface area (Å²) in [4.78, 5) is 29.2. The second-order valence-electron chi connectivity index (χ2n) is 5.36. The molecule has 0 saturated carbocycles. The number of anilines is 1. The van der Waals surface area contributed by atoms with Gasteiger partial charge in [0, 0.05) is 44.1 Å². The Morgan fingerprint density at radius 3 is 2.61 bits per heavy atom. The summed E-state index contributed by atoms with van der Waals surface area (Å²) in [6, 6.07) is 7.13. The maximum absolute atomic E-state index is 12.6. The highest BCUT2D eigenvalue weighted by Crippen LogP contribution is 2.17. The first-order valence-corrected chi connectivity index (χ1v) is 7.46. The lowest BCUT2D eigenvalue weighted by Gasteiger charge is -2.34. The Labute approximate surface area is 132 Å². The molecule has 1 fully saturated rings. The highest BCUT2D eigenvalue weighted by molar-refractivity contribution is 5.97. The van der Waals surface area contributed by atoms with Crippen LogP contribution in [0.4, 0.5) is 5.95 Å². The lowest BCUT2D eigenvalue weighted by Crippen LogP contribution is -2.49. The SMILES string of the molecule is O=C(c1ccc2ocnc2c1)N1CCN(c2ncccn2)CC1. The van der Waals surface area contributed by atoms with E-state index in [9.17, 15) is 4.79 Å². The smallest absolute Gasteiger partial charge is 0.254 e. The van der Waals surface area contributed by atoms with Gasteiger partial charge in [0.25, 0.3) is 5.91 Å². The number of rotatable bonds is 2. The Morgan fingerprint density at radius 1 is 1.04 bits per heavy atom. The van der Waals surface area contributed by atoms with Gasteiger partial charge >= 0.3 is 0 Å². The van der Waals surface area contributed by atoms with Crippen LogP contribution >= 0.6 is 0 Å². The Kier molecular flexibility index (Phi) is 3.38. The van der Waals surface area contributed by atoms with Gasteiger partial charge in [-0.05, 0) is 24.3 Å². The van der Waals surface area contributed by atoms with Crippen molar-refractivity contribution in [1.82, 2.24) is 19.9 Å². The summed E-state index contributed by atoms with van der Waals surface area (Å²) < 4.78 is 5.20. The highest BCUT2D eigenvalue weighted by atomic mass is 16.3. The van der Waals surface area contributed by atoms with E-state index in [4.69, 9.17) is 4.42 Å². The molecular formula is C16H15N5O2. The van der Waals surface area contributed by atoms with Crippen molar-refractivity contribution in [3.63, 3.8) is 0 Å². The summed E-state index contributed by atoms with van der Waals surface area (Å²) in [5.74, 6) is 0.729. The maximum atomic E-state index is 12.6. The van der Waals surface area contributed by atoms with Crippen LogP contribution in [0.2, 0.25) is 0 Å². The summed E-state index contributed by atoms with van der Waals surface area (Å²) >= 11 is 0. The van der Waals surface area contributed by atoms with Gasteiger partial charge in [-0.2, -0.15) is 0 Å². The molecule has 0 bridgehead atoms. The fraction of sp³-hybridized carbons (Fsp3) is 0.250. The van der Waals surface area contributed by atoms with Gasteiger partial charge in [0.15, 0.2) is 12.0 Å². The van der Waals surface area contributed by atoms with E-state index in [1.807, 2.05) is 4.90 Å². The first-order chi connectivity index (χ1) is 11.3.